The van der Waals surface area contributed by atoms with Crippen molar-refractivity contribution in [2.45, 2.75) is 6.92 Å². The van der Waals surface area contributed by atoms with Crippen LogP contribution in [0, 0.1) is 0 Å². The van der Waals surface area contributed by atoms with Crippen molar-refractivity contribution in [1.82, 2.24) is 4.90 Å². The highest BCUT2D eigenvalue weighted by atomic mass is 16.5. The highest BCUT2D eigenvalue weighted by Gasteiger charge is 2.07. The monoisotopic (exact) mass is 208 g/mol. The van der Waals surface area contributed by atoms with Crippen LogP contribution in [0.2, 0.25) is 0 Å². The van der Waals surface area contributed by atoms with Gasteiger partial charge in [0, 0.05) is 13.6 Å². The maximum absolute atomic E-state index is 11.4. The van der Waals surface area contributed by atoms with E-state index in [0.29, 0.717) is 18.0 Å². The van der Waals surface area contributed by atoms with Gasteiger partial charge >= 0.3 is 0 Å². The van der Waals surface area contributed by atoms with Gasteiger partial charge in [0.2, 0.25) is 0 Å². The number of carbonyl (C=O) groups excluding carboxylic acids is 1. The number of anilines is 1. The van der Waals surface area contributed by atoms with E-state index in [2.05, 4.69) is 0 Å². The topological polar surface area (TPSA) is 55.6 Å². The van der Waals surface area contributed by atoms with Gasteiger partial charge in [0.25, 0.3) is 5.91 Å². The Hall–Kier alpha value is -1.71. The van der Waals surface area contributed by atoms with Gasteiger partial charge in [-0.2, -0.15) is 0 Å². The zero-order valence-corrected chi connectivity index (χ0v) is 9.06. The number of para-hydroxylation sites is 2. The van der Waals surface area contributed by atoms with E-state index in [0.717, 1.165) is 0 Å². The number of carbonyl (C=O) groups is 1. The molecular weight excluding hydrogens is 192 g/mol. The minimum atomic E-state index is -0.0549. The smallest absolute Gasteiger partial charge is 0.260 e. The summed E-state index contributed by atoms with van der Waals surface area (Å²) in [7, 11) is 1.74. The summed E-state index contributed by atoms with van der Waals surface area (Å²) in [6, 6.07) is 7.12. The van der Waals surface area contributed by atoms with Crippen molar-refractivity contribution in [3.05, 3.63) is 24.3 Å². The van der Waals surface area contributed by atoms with Crippen LogP contribution in [0.3, 0.4) is 0 Å². The third-order valence-electron chi connectivity index (χ3n) is 2.17. The maximum Gasteiger partial charge on any atom is 0.260 e. The summed E-state index contributed by atoms with van der Waals surface area (Å²) in [5.74, 6) is 0.496. The van der Waals surface area contributed by atoms with Gasteiger partial charge in [-0.1, -0.05) is 12.1 Å². The molecule has 4 heteroatoms. The van der Waals surface area contributed by atoms with E-state index in [4.69, 9.17) is 10.5 Å². The summed E-state index contributed by atoms with van der Waals surface area (Å²) in [6.45, 7) is 2.61. The lowest BCUT2D eigenvalue weighted by molar-refractivity contribution is -0.131. The molecule has 1 aromatic rings. The summed E-state index contributed by atoms with van der Waals surface area (Å²) in [5, 5.41) is 0. The third-order valence-corrected chi connectivity index (χ3v) is 2.17. The van der Waals surface area contributed by atoms with E-state index < -0.39 is 0 Å². The molecule has 4 nitrogen and oxygen atoms in total. The molecule has 0 saturated carbocycles. The van der Waals surface area contributed by atoms with Crippen molar-refractivity contribution in [3.63, 3.8) is 0 Å². The number of rotatable bonds is 4. The number of nitrogens with zero attached hydrogens (tertiary/aromatic N) is 1. The molecule has 1 aromatic carbocycles. The summed E-state index contributed by atoms with van der Waals surface area (Å²) < 4.78 is 5.31. The Morgan fingerprint density at radius 2 is 2.13 bits per heavy atom. The largest absolute Gasteiger partial charge is 0.482 e. The first-order valence-corrected chi connectivity index (χ1v) is 4.86. The van der Waals surface area contributed by atoms with Crippen molar-refractivity contribution >= 4 is 11.6 Å². The molecule has 0 radical (unpaired) electrons. The summed E-state index contributed by atoms with van der Waals surface area (Å²) in [5.41, 5.74) is 6.21. The molecule has 0 bridgehead atoms. The number of ether oxygens (including phenoxy) is 1. The number of nitrogen functional groups attached to an aromatic ring is 1. The minimum absolute atomic E-state index is 0.0263. The van der Waals surface area contributed by atoms with Gasteiger partial charge in [0.1, 0.15) is 5.75 Å². The van der Waals surface area contributed by atoms with Crippen LogP contribution in [0.1, 0.15) is 6.92 Å². The molecule has 0 spiro atoms. The van der Waals surface area contributed by atoms with Gasteiger partial charge in [-0.3, -0.25) is 4.79 Å². The second-order valence-corrected chi connectivity index (χ2v) is 3.23. The molecule has 0 fully saturated rings. The number of hydrogen-bond acceptors (Lipinski definition) is 3. The Labute approximate surface area is 89.6 Å². The lowest BCUT2D eigenvalue weighted by Crippen LogP contribution is -2.31. The van der Waals surface area contributed by atoms with Crippen molar-refractivity contribution in [3.8, 4) is 5.75 Å². The number of likely N-dealkylation sites (N-methyl/N-ethyl adjacent to an activating group) is 1. The summed E-state index contributed by atoms with van der Waals surface area (Å²) >= 11 is 0. The van der Waals surface area contributed by atoms with E-state index in [9.17, 15) is 4.79 Å². The molecule has 1 amide bonds. The second kappa shape index (κ2) is 5.24. The Bertz CT molecular complexity index is 339. The standard InChI is InChI=1S/C11H16N2O2/c1-3-13(2)11(14)8-15-10-7-5-4-6-9(10)12/h4-7H,3,8,12H2,1-2H3. The Balaban J connectivity index is 2.51. The molecule has 0 aliphatic rings. The molecule has 0 heterocycles. The van der Waals surface area contributed by atoms with Gasteiger partial charge < -0.3 is 15.4 Å². The first kappa shape index (κ1) is 11.4. The van der Waals surface area contributed by atoms with Crippen LogP contribution in [0.25, 0.3) is 0 Å². The first-order chi connectivity index (χ1) is 7.15. The van der Waals surface area contributed by atoms with Crippen molar-refractivity contribution in [2.75, 3.05) is 25.9 Å². The lowest BCUT2D eigenvalue weighted by atomic mass is 10.3. The predicted octanol–water partition coefficient (Wildman–Crippen LogP) is 1.13. The molecule has 0 unspecified atom stereocenters. The first-order valence-electron chi connectivity index (χ1n) is 4.86. The van der Waals surface area contributed by atoms with Crippen LogP contribution in [0.15, 0.2) is 24.3 Å². The Morgan fingerprint density at radius 3 is 2.73 bits per heavy atom. The molecule has 15 heavy (non-hydrogen) atoms. The van der Waals surface area contributed by atoms with E-state index in [-0.39, 0.29) is 12.5 Å². The number of nitrogens with two attached hydrogens (primary N) is 1. The predicted molar refractivity (Wildman–Crippen MR) is 59.7 cm³/mol. The van der Waals surface area contributed by atoms with E-state index in [1.807, 2.05) is 19.1 Å². The van der Waals surface area contributed by atoms with Gasteiger partial charge in [0.15, 0.2) is 6.61 Å². The molecule has 2 N–H and O–H groups in total. The molecule has 0 aliphatic heterocycles. The van der Waals surface area contributed by atoms with Gasteiger partial charge in [-0.05, 0) is 19.1 Å². The van der Waals surface area contributed by atoms with E-state index in [1.165, 1.54) is 0 Å². The fourth-order valence-electron chi connectivity index (χ4n) is 1.04. The fourth-order valence-corrected chi connectivity index (χ4v) is 1.04. The van der Waals surface area contributed by atoms with Gasteiger partial charge in [-0.15, -0.1) is 0 Å². The summed E-state index contributed by atoms with van der Waals surface area (Å²) in [6.07, 6.45) is 0. The van der Waals surface area contributed by atoms with E-state index in [1.54, 1.807) is 24.1 Å². The number of benzene rings is 1. The van der Waals surface area contributed by atoms with Crippen LogP contribution in [0.4, 0.5) is 5.69 Å². The number of hydrogen-bond donors (Lipinski definition) is 1. The van der Waals surface area contributed by atoms with Crippen LogP contribution < -0.4 is 10.5 Å². The van der Waals surface area contributed by atoms with Crippen LogP contribution in [-0.2, 0) is 4.79 Å². The third kappa shape index (κ3) is 3.16. The van der Waals surface area contributed by atoms with Crippen LogP contribution >= 0.6 is 0 Å². The van der Waals surface area contributed by atoms with Crippen LogP contribution in [-0.4, -0.2) is 31.0 Å². The SMILES string of the molecule is CCN(C)C(=O)COc1ccccc1N. The quantitative estimate of drug-likeness (QED) is 0.754. The van der Waals surface area contributed by atoms with Crippen LogP contribution in [0.5, 0.6) is 5.75 Å². The van der Waals surface area contributed by atoms with Crippen molar-refractivity contribution in [1.29, 1.82) is 0 Å². The zero-order valence-electron chi connectivity index (χ0n) is 9.06. The van der Waals surface area contributed by atoms with Crippen molar-refractivity contribution in [2.24, 2.45) is 0 Å². The summed E-state index contributed by atoms with van der Waals surface area (Å²) in [4.78, 5) is 13.0. The Kier molecular flexibility index (Phi) is 3.97. The minimum Gasteiger partial charge on any atom is -0.482 e. The fraction of sp³-hybridized carbons (Fsp3) is 0.364. The maximum atomic E-state index is 11.4. The van der Waals surface area contributed by atoms with Crippen molar-refractivity contribution < 1.29 is 9.53 Å². The van der Waals surface area contributed by atoms with Gasteiger partial charge in [0.05, 0.1) is 5.69 Å². The normalized spacial score (nSPS) is 9.73. The number of amides is 1. The molecule has 1 rings (SSSR count). The van der Waals surface area contributed by atoms with Gasteiger partial charge in [-0.25, -0.2) is 0 Å². The molecule has 0 atom stereocenters. The van der Waals surface area contributed by atoms with E-state index >= 15 is 0 Å². The average molecular weight is 208 g/mol. The second-order valence-electron chi connectivity index (χ2n) is 3.23. The Morgan fingerprint density at radius 1 is 1.47 bits per heavy atom. The molecule has 0 aromatic heterocycles. The lowest BCUT2D eigenvalue weighted by Gasteiger charge is -2.15. The highest BCUT2D eigenvalue weighted by molar-refractivity contribution is 5.77. The molecule has 0 aliphatic carbocycles. The zero-order chi connectivity index (χ0) is 11.3. The molecular formula is C11H16N2O2. The highest BCUT2D eigenvalue weighted by Crippen LogP contribution is 2.19. The average Bonchev–Trinajstić information content (AvgIpc) is 2.26. The molecule has 82 valence electrons. The molecule has 0 saturated heterocycles.